The Morgan fingerprint density at radius 2 is 1.67 bits per heavy atom. The number of piperidine rings is 1. The van der Waals surface area contributed by atoms with Gasteiger partial charge in [-0.25, -0.2) is 0 Å². The molecule has 3 saturated heterocycles. The molecule has 0 radical (unpaired) electrons. The Kier molecular flexibility index (Phi) is 4.77. The van der Waals surface area contributed by atoms with Gasteiger partial charge >= 0.3 is 0 Å². The molecule has 4 fully saturated rings. The van der Waals surface area contributed by atoms with Gasteiger partial charge < -0.3 is 15.1 Å². The Bertz CT molecular complexity index is 483. The number of amides is 2. The van der Waals surface area contributed by atoms with Crippen molar-refractivity contribution in [2.75, 3.05) is 45.8 Å². The van der Waals surface area contributed by atoms with Gasteiger partial charge in [0.2, 0.25) is 11.8 Å². The van der Waals surface area contributed by atoms with Gasteiger partial charge in [0.1, 0.15) is 6.04 Å². The first kappa shape index (κ1) is 16.3. The number of likely N-dealkylation sites (tertiary alicyclic amines) is 1. The van der Waals surface area contributed by atoms with Gasteiger partial charge in [0.15, 0.2) is 0 Å². The van der Waals surface area contributed by atoms with Crippen molar-refractivity contribution in [2.24, 2.45) is 5.92 Å². The second-order valence-corrected chi connectivity index (χ2v) is 7.88. The summed E-state index contributed by atoms with van der Waals surface area (Å²) in [6, 6.07) is 0.644. The lowest BCUT2D eigenvalue weighted by atomic mass is 9.93. The Morgan fingerprint density at radius 1 is 0.917 bits per heavy atom. The average molecular weight is 334 g/mol. The van der Waals surface area contributed by atoms with E-state index in [1.165, 1.54) is 25.7 Å². The molecule has 1 N–H and O–H groups in total. The lowest BCUT2D eigenvalue weighted by molar-refractivity contribution is -0.144. The SMILES string of the molecule is O=C1NCCN2CCN(C(=O)C3CCN(C4CCCC4)CC3)C[C@H]12. The molecule has 1 atom stereocenters. The number of fused-ring (bicyclic) bond motifs is 1. The van der Waals surface area contributed by atoms with Crippen LogP contribution in [0.2, 0.25) is 0 Å². The maximum absolute atomic E-state index is 12.9. The van der Waals surface area contributed by atoms with E-state index in [4.69, 9.17) is 0 Å². The van der Waals surface area contributed by atoms with Crippen molar-refractivity contribution in [3.8, 4) is 0 Å². The van der Waals surface area contributed by atoms with Crippen LogP contribution in [0.15, 0.2) is 0 Å². The van der Waals surface area contributed by atoms with Crippen LogP contribution in [-0.2, 0) is 9.59 Å². The Labute approximate surface area is 144 Å². The molecule has 1 aliphatic carbocycles. The van der Waals surface area contributed by atoms with Crippen molar-refractivity contribution >= 4 is 11.8 Å². The van der Waals surface area contributed by atoms with Gasteiger partial charge in [0.05, 0.1) is 0 Å². The zero-order valence-electron chi connectivity index (χ0n) is 14.6. The van der Waals surface area contributed by atoms with Crippen LogP contribution in [0.3, 0.4) is 0 Å². The van der Waals surface area contributed by atoms with Gasteiger partial charge in [-0.3, -0.25) is 14.5 Å². The highest BCUT2D eigenvalue weighted by molar-refractivity contribution is 5.85. The molecule has 3 aliphatic heterocycles. The summed E-state index contributed by atoms with van der Waals surface area (Å²) in [7, 11) is 0. The molecule has 2 amide bonds. The fourth-order valence-corrected chi connectivity index (χ4v) is 5.02. The summed E-state index contributed by atoms with van der Waals surface area (Å²) in [6.07, 6.45) is 7.42. The van der Waals surface area contributed by atoms with E-state index in [-0.39, 0.29) is 17.9 Å². The Hall–Kier alpha value is -1.14. The summed E-state index contributed by atoms with van der Waals surface area (Å²) in [5, 5.41) is 2.93. The van der Waals surface area contributed by atoms with Crippen molar-refractivity contribution in [3.05, 3.63) is 0 Å². The third-order valence-electron chi connectivity index (χ3n) is 6.52. The molecular weight excluding hydrogens is 304 g/mol. The van der Waals surface area contributed by atoms with Crippen molar-refractivity contribution in [1.82, 2.24) is 20.0 Å². The molecule has 3 heterocycles. The summed E-state index contributed by atoms with van der Waals surface area (Å²) in [5.41, 5.74) is 0. The molecule has 0 aromatic heterocycles. The maximum atomic E-state index is 12.9. The van der Waals surface area contributed by atoms with Crippen molar-refractivity contribution in [3.63, 3.8) is 0 Å². The van der Waals surface area contributed by atoms with E-state index in [9.17, 15) is 9.59 Å². The van der Waals surface area contributed by atoms with Crippen molar-refractivity contribution < 1.29 is 9.59 Å². The van der Waals surface area contributed by atoms with Crippen LogP contribution >= 0.6 is 0 Å². The molecule has 6 nitrogen and oxygen atoms in total. The predicted octanol–water partition coefficient (Wildman–Crippen LogP) is 0.284. The van der Waals surface area contributed by atoms with Gasteiger partial charge in [0.25, 0.3) is 0 Å². The molecule has 0 aromatic carbocycles. The zero-order valence-corrected chi connectivity index (χ0v) is 14.6. The van der Waals surface area contributed by atoms with Gasteiger partial charge in [-0.05, 0) is 38.8 Å². The normalized spacial score (nSPS) is 31.1. The van der Waals surface area contributed by atoms with Gasteiger partial charge in [-0.2, -0.15) is 0 Å². The second kappa shape index (κ2) is 7.00. The summed E-state index contributed by atoms with van der Waals surface area (Å²) in [6.45, 7) is 6.00. The first-order chi connectivity index (χ1) is 11.7. The van der Waals surface area contributed by atoms with E-state index in [0.717, 1.165) is 58.2 Å². The molecule has 0 unspecified atom stereocenters. The van der Waals surface area contributed by atoms with Crippen LogP contribution in [0.4, 0.5) is 0 Å². The van der Waals surface area contributed by atoms with Crippen LogP contribution in [0, 0.1) is 5.92 Å². The van der Waals surface area contributed by atoms with E-state index in [2.05, 4.69) is 15.1 Å². The maximum Gasteiger partial charge on any atom is 0.239 e. The summed E-state index contributed by atoms with van der Waals surface area (Å²) in [5.74, 6) is 0.551. The number of rotatable bonds is 2. The van der Waals surface area contributed by atoms with Crippen LogP contribution < -0.4 is 5.32 Å². The molecule has 1 saturated carbocycles. The van der Waals surface area contributed by atoms with Crippen LogP contribution in [-0.4, -0.2) is 84.4 Å². The van der Waals surface area contributed by atoms with E-state index >= 15 is 0 Å². The smallest absolute Gasteiger partial charge is 0.239 e. The molecule has 0 bridgehead atoms. The molecule has 134 valence electrons. The topological polar surface area (TPSA) is 55.9 Å². The van der Waals surface area contributed by atoms with Crippen LogP contribution in [0.5, 0.6) is 0 Å². The molecule has 0 spiro atoms. The highest BCUT2D eigenvalue weighted by atomic mass is 16.2. The molecular formula is C18H30N4O2. The monoisotopic (exact) mass is 334 g/mol. The number of nitrogens with zero attached hydrogens (tertiary/aromatic N) is 3. The Morgan fingerprint density at radius 3 is 2.42 bits per heavy atom. The van der Waals surface area contributed by atoms with E-state index in [1.807, 2.05) is 4.90 Å². The molecule has 0 aromatic rings. The molecule has 4 aliphatic rings. The fourth-order valence-electron chi connectivity index (χ4n) is 5.02. The van der Waals surface area contributed by atoms with E-state index < -0.39 is 0 Å². The van der Waals surface area contributed by atoms with Crippen LogP contribution in [0.25, 0.3) is 0 Å². The minimum Gasteiger partial charge on any atom is -0.353 e. The number of piperazine rings is 2. The van der Waals surface area contributed by atoms with Crippen LogP contribution in [0.1, 0.15) is 38.5 Å². The lowest BCUT2D eigenvalue weighted by Crippen LogP contribution is -2.65. The van der Waals surface area contributed by atoms with Crippen molar-refractivity contribution in [2.45, 2.75) is 50.6 Å². The predicted molar refractivity (Wildman–Crippen MR) is 91.5 cm³/mol. The number of hydrogen-bond donors (Lipinski definition) is 1. The first-order valence-electron chi connectivity index (χ1n) is 9.77. The van der Waals surface area contributed by atoms with E-state index in [1.54, 1.807) is 0 Å². The minimum absolute atomic E-state index is 0.0924. The number of hydrogen-bond acceptors (Lipinski definition) is 4. The second-order valence-electron chi connectivity index (χ2n) is 7.88. The third kappa shape index (κ3) is 3.18. The number of carbonyl (C=O) groups excluding carboxylic acids is 2. The number of carbonyl (C=O) groups is 2. The highest BCUT2D eigenvalue weighted by Gasteiger charge is 2.39. The minimum atomic E-state index is -0.130. The van der Waals surface area contributed by atoms with E-state index in [0.29, 0.717) is 12.5 Å². The summed E-state index contributed by atoms with van der Waals surface area (Å²) < 4.78 is 0. The Balaban J connectivity index is 1.31. The highest BCUT2D eigenvalue weighted by Crippen LogP contribution is 2.29. The van der Waals surface area contributed by atoms with Crippen molar-refractivity contribution in [1.29, 1.82) is 0 Å². The quantitative estimate of drug-likeness (QED) is 0.788. The van der Waals surface area contributed by atoms with Gasteiger partial charge in [-0.15, -0.1) is 0 Å². The third-order valence-corrected chi connectivity index (χ3v) is 6.52. The first-order valence-corrected chi connectivity index (χ1v) is 9.77. The standard InChI is InChI=1S/C18H30N4O2/c23-17-16-13-22(12-11-21(16)10-7-19-17)18(24)14-5-8-20(9-6-14)15-3-1-2-4-15/h14-16H,1-13H2,(H,19,23)/t16-/m1/s1. The molecule has 4 rings (SSSR count). The zero-order chi connectivity index (χ0) is 16.5. The molecule has 6 heteroatoms. The lowest BCUT2D eigenvalue weighted by Gasteiger charge is -2.44. The summed E-state index contributed by atoms with van der Waals surface area (Å²) in [4.78, 5) is 31.8. The van der Waals surface area contributed by atoms with Gasteiger partial charge in [-0.1, -0.05) is 12.8 Å². The number of nitrogens with one attached hydrogen (secondary N) is 1. The average Bonchev–Trinajstić information content (AvgIpc) is 3.16. The van der Waals surface area contributed by atoms with Gasteiger partial charge in [0, 0.05) is 44.7 Å². The molecule has 24 heavy (non-hydrogen) atoms. The summed E-state index contributed by atoms with van der Waals surface area (Å²) >= 11 is 0. The largest absolute Gasteiger partial charge is 0.353 e. The fraction of sp³-hybridized carbons (Fsp3) is 0.889.